The molecule has 0 spiro atoms. The van der Waals surface area contributed by atoms with Crippen molar-refractivity contribution in [3.8, 4) is 0 Å². The van der Waals surface area contributed by atoms with E-state index in [1.807, 2.05) is 97.9 Å². The summed E-state index contributed by atoms with van der Waals surface area (Å²) in [6.45, 7) is 12.6. The maximum Gasteiger partial charge on any atom is 0.408 e. The molecule has 65 heavy (non-hydrogen) atoms. The lowest BCUT2D eigenvalue weighted by atomic mass is 9.77. The molecule has 2 unspecified atom stereocenters. The van der Waals surface area contributed by atoms with E-state index >= 15 is 0 Å². The Hall–Kier alpha value is -6.57. The molecular weight excluding hydrogens is 887 g/mol. The smallest absolute Gasteiger partial charge is 0.408 e. The Balaban J connectivity index is 1.24. The van der Waals surface area contributed by atoms with Crippen LogP contribution in [-0.4, -0.2) is 75.7 Å². The van der Waals surface area contributed by atoms with Gasteiger partial charge in [-0.3, -0.25) is 19.7 Å². The van der Waals surface area contributed by atoms with Crippen molar-refractivity contribution < 1.29 is 38.4 Å². The highest BCUT2D eigenvalue weighted by Crippen LogP contribution is 2.41. The van der Waals surface area contributed by atoms with Gasteiger partial charge in [0.1, 0.15) is 29.3 Å². The van der Waals surface area contributed by atoms with E-state index in [1.165, 1.54) is 49.4 Å². The van der Waals surface area contributed by atoms with Crippen LogP contribution in [-0.2, 0) is 40.8 Å². The first-order valence-corrected chi connectivity index (χ1v) is 26.1. The minimum absolute atomic E-state index is 0.0877. The molecule has 1 aliphatic rings. The fourth-order valence-corrected chi connectivity index (χ4v) is 8.75. The Bertz CT molecular complexity index is 2410. The van der Waals surface area contributed by atoms with Crippen LogP contribution in [0.3, 0.4) is 0 Å². The molecule has 4 aromatic carbocycles. The molecule has 1 aromatic heterocycles. The van der Waals surface area contributed by atoms with Gasteiger partial charge in [0.2, 0.25) is 11.5 Å². The third kappa shape index (κ3) is 11.8. The maximum atomic E-state index is 14.3. The van der Waals surface area contributed by atoms with Crippen molar-refractivity contribution in [2.24, 2.45) is 5.16 Å². The fraction of sp³-hybridized carbons (Fsp3) is 0.304. The van der Waals surface area contributed by atoms with Gasteiger partial charge in [-0.1, -0.05) is 116 Å². The molecule has 19 heteroatoms. The molecule has 0 saturated carbocycles. The number of nitro groups is 1. The standard InChI is InChI=1S/C46H51N7O9S2Si/c1-29(47-44(57)60-27-31-23-25-35(26-24-31)53(58)59)64-41-38(40(55)50-41)49-39(54)37(52-62-45(3,4)42(56)61-30(2)65(5,6)7)36-28-63-43(48-36)51-46(32-17-11-8-12-18-32,33-19-13-9-14-20-33)34-21-15-10-16-22-34/h8-26,28-30,38,41H,27H2,1-7H3,(H,47,57)(H,48,51)(H,49,54)(H,50,55)/t29?,30?,38-,41-/m1/s1. The van der Waals surface area contributed by atoms with Gasteiger partial charge in [-0.2, -0.15) is 0 Å². The van der Waals surface area contributed by atoms with Gasteiger partial charge in [-0.05, 0) is 62.1 Å². The van der Waals surface area contributed by atoms with Crippen LogP contribution < -0.4 is 21.3 Å². The molecule has 0 aliphatic carbocycles. The Morgan fingerprint density at radius 3 is 1.97 bits per heavy atom. The van der Waals surface area contributed by atoms with Crippen molar-refractivity contribution in [3.63, 3.8) is 0 Å². The fourth-order valence-electron chi connectivity index (χ4n) is 6.40. The number of hydrogen-bond acceptors (Lipinski definition) is 14. The number of amides is 3. The van der Waals surface area contributed by atoms with Crippen molar-refractivity contribution in [2.45, 2.75) is 87.6 Å². The van der Waals surface area contributed by atoms with Gasteiger partial charge >= 0.3 is 12.1 Å². The number of ether oxygens (including phenoxy) is 2. The van der Waals surface area contributed by atoms with Crippen LogP contribution in [0.1, 0.15) is 55.6 Å². The van der Waals surface area contributed by atoms with Crippen LogP contribution in [0.15, 0.2) is 126 Å². The van der Waals surface area contributed by atoms with Crippen molar-refractivity contribution in [3.05, 3.63) is 159 Å². The van der Waals surface area contributed by atoms with E-state index in [1.54, 1.807) is 12.3 Å². The second kappa shape index (κ2) is 20.5. The molecule has 0 radical (unpaired) electrons. The number of nitro benzene ring substituents is 1. The van der Waals surface area contributed by atoms with E-state index in [4.69, 9.17) is 19.3 Å². The lowest BCUT2D eigenvalue weighted by Gasteiger charge is -2.37. The lowest BCUT2D eigenvalue weighted by molar-refractivity contribution is -0.384. The van der Waals surface area contributed by atoms with Crippen LogP contribution in [0.4, 0.5) is 15.6 Å². The summed E-state index contributed by atoms with van der Waals surface area (Å²) in [5.74, 6) is -1.96. The zero-order chi connectivity index (χ0) is 46.9. The Labute approximate surface area is 386 Å². The zero-order valence-corrected chi connectivity index (χ0v) is 39.5. The number of benzene rings is 4. The number of anilines is 1. The second-order valence-corrected chi connectivity index (χ2v) is 24.7. The number of alkyl carbamates (subject to hydrolysis) is 1. The summed E-state index contributed by atoms with van der Waals surface area (Å²) in [5, 5.41) is 27.8. The quantitative estimate of drug-likeness (QED) is 0.00917. The summed E-state index contributed by atoms with van der Waals surface area (Å²) in [4.78, 5) is 74.5. The van der Waals surface area contributed by atoms with Crippen molar-refractivity contribution >= 4 is 71.6 Å². The largest absolute Gasteiger partial charge is 0.464 e. The predicted octanol–water partition coefficient (Wildman–Crippen LogP) is 7.71. The molecule has 340 valence electrons. The lowest BCUT2D eigenvalue weighted by Crippen LogP contribution is -2.69. The Kier molecular flexibility index (Phi) is 15.1. The molecule has 4 N–H and O–H groups in total. The predicted molar refractivity (Wildman–Crippen MR) is 253 cm³/mol. The number of rotatable bonds is 19. The summed E-state index contributed by atoms with van der Waals surface area (Å²) in [7, 11) is -1.89. The van der Waals surface area contributed by atoms with Gasteiger partial charge < -0.3 is 35.6 Å². The molecular formula is C46H51N7O9S2Si. The van der Waals surface area contributed by atoms with Gasteiger partial charge in [0, 0.05) is 17.5 Å². The number of hydrogen-bond donors (Lipinski definition) is 4. The molecule has 1 saturated heterocycles. The number of β-lactam (4-membered cyclic amide) rings is 1. The highest BCUT2D eigenvalue weighted by molar-refractivity contribution is 8.00. The second-order valence-electron chi connectivity index (χ2n) is 16.8. The first-order chi connectivity index (χ1) is 30.9. The van der Waals surface area contributed by atoms with E-state index in [2.05, 4.69) is 46.1 Å². The topological polar surface area (TPSA) is 212 Å². The van der Waals surface area contributed by atoms with Crippen LogP contribution >= 0.6 is 23.1 Å². The summed E-state index contributed by atoms with van der Waals surface area (Å²) in [6.07, 6.45) is -0.759. The number of thiazole rings is 1. The molecule has 0 bridgehead atoms. The molecule has 4 atom stereocenters. The van der Waals surface area contributed by atoms with Crippen molar-refractivity contribution in [1.82, 2.24) is 20.9 Å². The number of esters is 1. The van der Waals surface area contributed by atoms with Gasteiger partial charge in [0.05, 0.1) is 24.1 Å². The number of nitrogens with zero attached hydrogens (tertiary/aromatic N) is 3. The first kappa shape index (κ1) is 47.9. The number of thioether (sulfide) groups is 1. The van der Waals surface area contributed by atoms with E-state index in [-0.39, 0.29) is 29.4 Å². The zero-order valence-electron chi connectivity index (χ0n) is 36.9. The van der Waals surface area contributed by atoms with E-state index in [0.717, 1.165) is 28.5 Å². The molecule has 16 nitrogen and oxygen atoms in total. The van der Waals surface area contributed by atoms with Crippen molar-refractivity contribution in [2.75, 3.05) is 5.32 Å². The maximum absolute atomic E-state index is 14.3. The first-order valence-electron chi connectivity index (χ1n) is 20.7. The number of non-ortho nitro benzene ring substituents is 1. The van der Waals surface area contributed by atoms with Gasteiger partial charge in [0.15, 0.2) is 10.8 Å². The number of oxime groups is 1. The molecule has 1 fully saturated rings. The molecule has 2 heterocycles. The van der Waals surface area contributed by atoms with Gasteiger partial charge in [0.25, 0.3) is 11.6 Å². The molecule has 6 rings (SSSR count). The van der Waals surface area contributed by atoms with Crippen LogP contribution in [0.5, 0.6) is 0 Å². The summed E-state index contributed by atoms with van der Waals surface area (Å²) in [6, 6.07) is 34.3. The SMILES string of the molecule is CC(NC(=O)OCc1ccc([N+](=O)[O-])cc1)S[C@H]1NC(=O)[C@H]1NC(=O)C(=NOC(C)(C)C(=O)OC(C)[Si](C)(C)C)c1csc(NC(c2ccccc2)(c2ccccc2)c2ccccc2)n1. The van der Waals surface area contributed by atoms with Crippen LogP contribution in [0.2, 0.25) is 19.6 Å². The normalized spacial score (nSPS) is 16.2. The summed E-state index contributed by atoms with van der Waals surface area (Å²) < 4.78 is 11.1. The van der Waals surface area contributed by atoms with E-state index in [9.17, 15) is 29.3 Å². The van der Waals surface area contributed by atoms with Crippen LogP contribution in [0, 0.1) is 10.1 Å². The monoisotopic (exact) mass is 937 g/mol. The van der Waals surface area contributed by atoms with Crippen molar-refractivity contribution in [1.29, 1.82) is 0 Å². The van der Waals surface area contributed by atoms with Crippen LogP contribution in [0.25, 0.3) is 0 Å². The van der Waals surface area contributed by atoms with Gasteiger partial charge in [-0.25, -0.2) is 14.6 Å². The minimum atomic E-state index is -1.89. The average molecular weight is 938 g/mol. The highest BCUT2D eigenvalue weighted by atomic mass is 32.2. The highest BCUT2D eigenvalue weighted by Gasteiger charge is 2.44. The third-order valence-corrected chi connectivity index (χ3v) is 15.1. The molecule has 1 aliphatic heterocycles. The minimum Gasteiger partial charge on any atom is -0.464 e. The molecule has 3 amide bonds. The Morgan fingerprint density at radius 1 is 0.908 bits per heavy atom. The number of aromatic nitrogens is 1. The van der Waals surface area contributed by atoms with E-state index in [0.29, 0.717) is 10.7 Å². The average Bonchev–Trinajstić information content (AvgIpc) is 3.75. The van der Waals surface area contributed by atoms with E-state index < -0.39 is 64.8 Å². The number of nitrogens with one attached hydrogen (secondary N) is 4. The third-order valence-electron chi connectivity index (χ3n) is 10.6. The Morgan fingerprint density at radius 2 is 1.46 bits per heavy atom. The summed E-state index contributed by atoms with van der Waals surface area (Å²) >= 11 is 2.38. The van der Waals surface area contributed by atoms with Gasteiger partial charge in [-0.15, -0.1) is 23.1 Å². The summed E-state index contributed by atoms with van der Waals surface area (Å²) in [5.41, 5.74) is 0.147. The number of carbonyl (C=O) groups excluding carboxylic acids is 4. The number of carbonyl (C=O) groups is 4. The molecule has 5 aromatic rings.